The predicted molar refractivity (Wildman–Crippen MR) is 196 cm³/mol. The van der Waals surface area contributed by atoms with Crippen LogP contribution in [0.25, 0.3) is 32.9 Å². The van der Waals surface area contributed by atoms with E-state index in [1.54, 1.807) is 36.4 Å². The van der Waals surface area contributed by atoms with E-state index in [1.165, 1.54) is 11.1 Å². The van der Waals surface area contributed by atoms with E-state index in [0.29, 0.717) is 11.0 Å². The van der Waals surface area contributed by atoms with E-state index in [9.17, 15) is 15.3 Å². The first kappa shape index (κ1) is 38.1. The zero-order valence-electron chi connectivity index (χ0n) is 29.9. The summed E-state index contributed by atoms with van der Waals surface area (Å²) in [6.07, 6.45) is 0. The minimum absolute atomic E-state index is 0. The second-order valence-corrected chi connectivity index (χ2v) is 14.3. The Morgan fingerprint density at radius 3 is 1.27 bits per heavy atom. The maximum Gasteiger partial charge on any atom is 3.00 e. The Hall–Kier alpha value is -4.37. The van der Waals surface area contributed by atoms with Gasteiger partial charge in [0.2, 0.25) is 0 Å². The molecule has 6 heteroatoms. The van der Waals surface area contributed by atoms with E-state index in [2.05, 4.69) is 69.7 Å². The molecule has 5 nitrogen and oxygen atoms in total. The zero-order valence-corrected chi connectivity index (χ0v) is 31.0. The van der Waals surface area contributed by atoms with Gasteiger partial charge in [0.1, 0.15) is 0 Å². The van der Waals surface area contributed by atoms with Crippen molar-refractivity contribution in [2.45, 2.75) is 80.1 Å². The quantitative estimate of drug-likeness (QED) is 0.166. The summed E-state index contributed by atoms with van der Waals surface area (Å²) >= 11 is 0. The van der Waals surface area contributed by atoms with Crippen LogP contribution < -0.4 is 15.3 Å². The normalized spacial score (nSPS) is 11.2. The molecule has 4 aromatic carbocycles. The Morgan fingerprint density at radius 1 is 0.479 bits per heavy atom. The van der Waals surface area contributed by atoms with Crippen LogP contribution in [0.3, 0.4) is 0 Å². The summed E-state index contributed by atoms with van der Waals surface area (Å²) in [5, 5.41) is 36.9. The van der Waals surface area contributed by atoms with Gasteiger partial charge in [0.05, 0.1) is 11.0 Å². The van der Waals surface area contributed by atoms with Crippen LogP contribution in [0.15, 0.2) is 91.0 Å². The third-order valence-electron chi connectivity index (χ3n) is 8.14. The van der Waals surface area contributed by atoms with Crippen molar-refractivity contribution in [2.24, 2.45) is 0 Å². The Bertz CT molecular complexity index is 1920. The first-order valence-electron chi connectivity index (χ1n) is 16.0. The molecule has 0 aliphatic carbocycles. The summed E-state index contributed by atoms with van der Waals surface area (Å²) in [5.41, 5.74) is 9.66. The molecule has 6 rings (SSSR count). The number of hydrogen-bond donors (Lipinski definition) is 0. The molecule has 0 N–H and O–H groups in total. The van der Waals surface area contributed by atoms with Crippen molar-refractivity contribution in [3.05, 3.63) is 125 Å². The van der Waals surface area contributed by atoms with Crippen molar-refractivity contribution in [2.75, 3.05) is 0 Å². The maximum absolute atomic E-state index is 12.1. The van der Waals surface area contributed by atoms with E-state index in [0.717, 1.165) is 44.4 Å². The van der Waals surface area contributed by atoms with Crippen LogP contribution in [0.5, 0.6) is 17.2 Å². The minimum Gasteiger partial charge on any atom is -0.872 e. The van der Waals surface area contributed by atoms with Crippen LogP contribution >= 0.6 is 0 Å². The third-order valence-corrected chi connectivity index (χ3v) is 8.14. The van der Waals surface area contributed by atoms with Crippen LogP contribution in [-0.2, 0) is 10.8 Å². The van der Waals surface area contributed by atoms with Gasteiger partial charge in [-0.1, -0.05) is 132 Å². The molecule has 0 amide bonds. The van der Waals surface area contributed by atoms with E-state index >= 15 is 0 Å². The topological polar surface area (TPSA) is 95.0 Å². The smallest absolute Gasteiger partial charge is 0.872 e. The minimum atomic E-state index is 0. The van der Waals surface area contributed by atoms with Crippen LogP contribution in [-0.4, -0.2) is 27.3 Å². The molecule has 0 radical (unpaired) electrons. The second-order valence-electron chi connectivity index (χ2n) is 14.3. The number of para-hydroxylation sites is 3. The fourth-order valence-corrected chi connectivity index (χ4v) is 5.47. The van der Waals surface area contributed by atoms with Gasteiger partial charge in [-0.05, 0) is 84.0 Å². The first-order valence-corrected chi connectivity index (χ1v) is 16.0. The Kier molecular flexibility index (Phi) is 12.1. The molecule has 0 fully saturated rings. The van der Waals surface area contributed by atoms with Gasteiger partial charge in [-0.2, -0.15) is 0 Å². The third kappa shape index (κ3) is 9.16. The van der Waals surface area contributed by atoms with Gasteiger partial charge in [0.25, 0.3) is 0 Å². The fraction of sp³-hybridized carbons (Fsp3) is 0.286. The van der Waals surface area contributed by atoms with Crippen molar-refractivity contribution in [1.82, 2.24) is 9.97 Å². The molecule has 0 spiro atoms. The SMILES string of the molecule is CC(C)(C)c1cc(-c2ccccc2[O-])cc(C(C)(C)C)c1.Cc1cc(C)c2cccc([O-])c2n1.Cc1cc(C)c2cccc([O-])c2n1.[Al+3]. The average Bonchev–Trinajstić information content (AvgIpc) is 2.98. The van der Waals surface area contributed by atoms with Gasteiger partial charge >= 0.3 is 17.4 Å². The maximum atomic E-state index is 12.1. The summed E-state index contributed by atoms with van der Waals surface area (Å²) in [6.45, 7) is 21.1. The number of fused-ring (bicyclic) bond motifs is 2. The first-order chi connectivity index (χ1) is 22.0. The number of rotatable bonds is 1. The average molecular weight is 653 g/mol. The van der Waals surface area contributed by atoms with Gasteiger partial charge in [-0.3, -0.25) is 9.97 Å². The summed E-state index contributed by atoms with van der Waals surface area (Å²) in [4.78, 5) is 8.45. The zero-order chi connectivity index (χ0) is 34.7. The largest absolute Gasteiger partial charge is 3.00 e. The molecule has 0 aliphatic heterocycles. The van der Waals surface area contributed by atoms with E-state index < -0.39 is 0 Å². The Morgan fingerprint density at radius 2 is 0.875 bits per heavy atom. The monoisotopic (exact) mass is 652 g/mol. The van der Waals surface area contributed by atoms with Crippen LogP contribution in [0.2, 0.25) is 0 Å². The van der Waals surface area contributed by atoms with E-state index in [-0.39, 0.29) is 45.4 Å². The number of hydrogen-bond acceptors (Lipinski definition) is 5. The molecule has 2 heterocycles. The molecule has 48 heavy (non-hydrogen) atoms. The van der Waals surface area contributed by atoms with Gasteiger partial charge in [0, 0.05) is 22.2 Å². The summed E-state index contributed by atoms with van der Waals surface area (Å²) in [6, 6.07) is 28.3. The standard InChI is InChI=1S/C20H26O.2C11H11NO.Al/c1-19(2,3)15-11-14(12-16(13-15)20(4,5)6)17-9-7-8-10-18(17)21;2*1-7-6-8(2)12-11-9(7)4-3-5-10(11)13;/h7-13,21H,1-6H3;2*3-6,13H,1-2H3;/q;;;+3/p-3. The van der Waals surface area contributed by atoms with Gasteiger partial charge in [-0.15, -0.1) is 5.75 Å². The summed E-state index contributed by atoms with van der Waals surface area (Å²) in [7, 11) is 0. The number of aryl methyl sites for hydroxylation is 4. The number of aromatic nitrogens is 2. The van der Waals surface area contributed by atoms with E-state index in [4.69, 9.17) is 0 Å². The van der Waals surface area contributed by atoms with Gasteiger partial charge < -0.3 is 15.3 Å². The molecule has 0 aliphatic rings. The molecule has 0 saturated carbocycles. The van der Waals surface area contributed by atoms with Crippen molar-refractivity contribution in [3.8, 4) is 28.4 Å². The summed E-state index contributed by atoms with van der Waals surface area (Å²) in [5.74, 6) is 0.0945. The summed E-state index contributed by atoms with van der Waals surface area (Å²) < 4.78 is 0. The van der Waals surface area contributed by atoms with Crippen molar-refractivity contribution in [1.29, 1.82) is 0 Å². The van der Waals surface area contributed by atoms with Crippen LogP contribution in [0.4, 0.5) is 0 Å². The number of benzene rings is 4. The molecule has 2 aromatic heterocycles. The van der Waals surface area contributed by atoms with Crippen molar-refractivity contribution < 1.29 is 15.3 Å². The molecule has 244 valence electrons. The molecular formula is C42H45AlN2O3. The van der Waals surface area contributed by atoms with Gasteiger partial charge in [-0.25, -0.2) is 0 Å². The number of nitrogens with zero attached hydrogens (tertiary/aromatic N) is 2. The second kappa shape index (κ2) is 15.2. The molecule has 0 saturated heterocycles. The van der Waals surface area contributed by atoms with Crippen molar-refractivity contribution in [3.63, 3.8) is 0 Å². The molecule has 0 atom stereocenters. The molecular weight excluding hydrogens is 607 g/mol. The van der Waals surface area contributed by atoms with Crippen molar-refractivity contribution >= 4 is 39.2 Å². The number of pyridine rings is 2. The molecule has 0 bridgehead atoms. The van der Waals surface area contributed by atoms with Crippen LogP contribution in [0, 0.1) is 27.7 Å². The Balaban J connectivity index is 0.000000202. The molecule has 6 aromatic rings. The van der Waals surface area contributed by atoms with Gasteiger partial charge in [0.15, 0.2) is 0 Å². The fourth-order valence-electron chi connectivity index (χ4n) is 5.47. The predicted octanol–water partition coefficient (Wildman–Crippen LogP) is 8.49. The Labute approximate surface area is 296 Å². The molecule has 0 unspecified atom stereocenters. The van der Waals surface area contributed by atoms with E-state index in [1.807, 2.05) is 64.1 Å². The van der Waals surface area contributed by atoms with Crippen LogP contribution in [0.1, 0.15) is 75.2 Å².